The number of nitrogens with one attached hydrogen (secondary N) is 1. The number of hydrogen-bond donors (Lipinski definition) is 1. The quantitative estimate of drug-likeness (QED) is 0.923. The van der Waals surface area contributed by atoms with Crippen molar-refractivity contribution < 1.29 is 4.79 Å². The molecule has 0 unspecified atom stereocenters. The number of aryl methyl sites for hydroxylation is 2. The molecule has 3 rings (SSSR count). The first kappa shape index (κ1) is 16.4. The van der Waals surface area contributed by atoms with Crippen molar-refractivity contribution in [1.82, 2.24) is 25.1 Å². The Morgan fingerprint density at radius 2 is 1.96 bits per heavy atom. The molecular formula is C17H24N6O. The largest absolute Gasteiger partial charge is 0.356 e. The standard InChI is InChI=1S/C17H24N6O/c1-12-8-13(2)23(21-12)17-11-18-10-16(20-17)22-6-4-15(5-7-22)9-19-14(3)24/h8,10-11,15H,4-7,9H2,1-3H3,(H,19,24). The van der Waals surface area contributed by atoms with Crippen LogP contribution in [0.5, 0.6) is 0 Å². The highest BCUT2D eigenvalue weighted by molar-refractivity contribution is 5.72. The van der Waals surface area contributed by atoms with Crippen LogP contribution in [0.25, 0.3) is 5.82 Å². The number of rotatable bonds is 4. The van der Waals surface area contributed by atoms with E-state index in [1.807, 2.05) is 30.8 Å². The number of aromatic nitrogens is 4. The van der Waals surface area contributed by atoms with E-state index < -0.39 is 0 Å². The van der Waals surface area contributed by atoms with Crippen LogP contribution in [-0.2, 0) is 4.79 Å². The maximum absolute atomic E-state index is 11.0. The Balaban J connectivity index is 1.67. The summed E-state index contributed by atoms with van der Waals surface area (Å²) in [5, 5.41) is 7.39. The molecule has 7 heteroatoms. The molecule has 7 nitrogen and oxygen atoms in total. The van der Waals surface area contributed by atoms with Crippen molar-refractivity contribution in [3.63, 3.8) is 0 Å². The zero-order chi connectivity index (χ0) is 17.1. The van der Waals surface area contributed by atoms with E-state index in [1.165, 1.54) is 0 Å². The first-order chi connectivity index (χ1) is 11.5. The van der Waals surface area contributed by atoms with E-state index in [0.717, 1.165) is 55.5 Å². The molecule has 2 aromatic heterocycles. The fourth-order valence-corrected chi connectivity index (χ4v) is 3.12. The first-order valence-corrected chi connectivity index (χ1v) is 8.38. The minimum Gasteiger partial charge on any atom is -0.356 e. The zero-order valence-electron chi connectivity index (χ0n) is 14.5. The summed E-state index contributed by atoms with van der Waals surface area (Å²) >= 11 is 0. The molecule has 0 aliphatic carbocycles. The maximum Gasteiger partial charge on any atom is 0.216 e. The number of amides is 1. The van der Waals surface area contributed by atoms with Gasteiger partial charge in [-0.05, 0) is 38.7 Å². The van der Waals surface area contributed by atoms with Crippen LogP contribution in [0.15, 0.2) is 18.5 Å². The maximum atomic E-state index is 11.0. The lowest BCUT2D eigenvalue weighted by Crippen LogP contribution is -2.38. The third-order valence-corrected chi connectivity index (χ3v) is 4.41. The SMILES string of the molecule is CC(=O)NCC1CCN(c2cncc(-n3nc(C)cc3C)n2)CC1. The lowest BCUT2D eigenvalue weighted by atomic mass is 9.97. The second-order valence-electron chi connectivity index (χ2n) is 6.44. The second kappa shape index (κ2) is 6.98. The normalized spacial score (nSPS) is 15.5. The third-order valence-electron chi connectivity index (χ3n) is 4.41. The molecule has 1 saturated heterocycles. The van der Waals surface area contributed by atoms with Crippen molar-refractivity contribution in [3.05, 3.63) is 29.8 Å². The van der Waals surface area contributed by atoms with Gasteiger partial charge in [0.05, 0.1) is 18.1 Å². The zero-order valence-corrected chi connectivity index (χ0v) is 14.5. The van der Waals surface area contributed by atoms with Crippen molar-refractivity contribution in [2.45, 2.75) is 33.6 Å². The van der Waals surface area contributed by atoms with E-state index in [0.29, 0.717) is 5.92 Å². The highest BCUT2D eigenvalue weighted by atomic mass is 16.1. The molecule has 128 valence electrons. The van der Waals surface area contributed by atoms with Gasteiger partial charge in [-0.15, -0.1) is 0 Å². The average Bonchev–Trinajstić information content (AvgIpc) is 2.92. The molecular weight excluding hydrogens is 304 g/mol. The third kappa shape index (κ3) is 3.72. The van der Waals surface area contributed by atoms with Crippen LogP contribution in [0.2, 0.25) is 0 Å². The highest BCUT2D eigenvalue weighted by Gasteiger charge is 2.21. The molecule has 1 N–H and O–H groups in total. The van der Waals surface area contributed by atoms with E-state index in [-0.39, 0.29) is 5.91 Å². The first-order valence-electron chi connectivity index (χ1n) is 8.38. The summed E-state index contributed by atoms with van der Waals surface area (Å²) in [6, 6.07) is 2.03. The summed E-state index contributed by atoms with van der Waals surface area (Å²) < 4.78 is 1.83. The Kier molecular flexibility index (Phi) is 4.78. The molecule has 0 saturated carbocycles. The van der Waals surface area contributed by atoms with E-state index in [4.69, 9.17) is 4.98 Å². The highest BCUT2D eigenvalue weighted by Crippen LogP contribution is 2.22. The number of carbonyl (C=O) groups excluding carboxylic acids is 1. The summed E-state index contributed by atoms with van der Waals surface area (Å²) in [7, 11) is 0. The van der Waals surface area contributed by atoms with Crippen molar-refractivity contribution in [2.24, 2.45) is 5.92 Å². The average molecular weight is 328 g/mol. The fraction of sp³-hybridized carbons (Fsp3) is 0.529. The lowest BCUT2D eigenvalue weighted by molar-refractivity contribution is -0.119. The summed E-state index contributed by atoms with van der Waals surface area (Å²) in [4.78, 5) is 22.4. The molecule has 1 aliphatic rings. The number of piperidine rings is 1. The van der Waals surface area contributed by atoms with Gasteiger partial charge in [-0.3, -0.25) is 9.78 Å². The van der Waals surface area contributed by atoms with Crippen LogP contribution < -0.4 is 10.2 Å². The lowest BCUT2D eigenvalue weighted by Gasteiger charge is -2.32. The fourth-order valence-electron chi connectivity index (χ4n) is 3.12. The Labute approximate surface area is 142 Å². The number of nitrogens with zero attached hydrogens (tertiary/aromatic N) is 5. The number of hydrogen-bond acceptors (Lipinski definition) is 5. The molecule has 3 heterocycles. The van der Waals surface area contributed by atoms with E-state index in [9.17, 15) is 4.79 Å². The minimum atomic E-state index is 0.0425. The van der Waals surface area contributed by atoms with Gasteiger partial charge >= 0.3 is 0 Å². The van der Waals surface area contributed by atoms with Gasteiger partial charge in [0.2, 0.25) is 5.91 Å². The monoisotopic (exact) mass is 328 g/mol. The second-order valence-corrected chi connectivity index (χ2v) is 6.44. The Morgan fingerprint density at radius 1 is 1.25 bits per heavy atom. The van der Waals surface area contributed by atoms with Gasteiger partial charge in [0.15, 0.2) is 5.82 Å². The van der Waals surface area contributed by atoms with E-state index in [2.05, 4.69) is 20.3 Å². The van der Waals surface area contributed by atoms with Crippen LogP contribution in [0.3, 0.4) is 0 Å². The Morgan fingerprint density at radius 3 is 2.58 bits per heavy atom. The van der Waals surface area contributed by atoms with E-state index in [1.54, 1.807) is 13.1 Å². The number of carbonyl (C=O) groups is 1. The topological polar surface area (TPSA) is 75.9 Å². The molecule has 0 radical (unpaired) electrons. The predicted molar refractivity (Wildman–Crippen MR) is 92.2 cm³/mol. The van der Waals surface area contributed by atoms with Crippen molar-refractivity contribution in [3.8, 4) is 5.82 Å². The molecule has 1 amide bonds. The van der Waals surface area contributed by atoms with Crippen molar-refractivity contribution >= 4 is 11.7 Å². The van der Waals surface area contributed by atoms with Crippen LogP contribution in [0, 0.1) is 19.8 Å². The van der Waals surface area contributed by atoms with Gasteiger partial charge in [0.1, 0.15) is 5.82 Å². The molecule has 1 fully saturated rings. The summed E-state index contributed by atoms with van der Waals surface area (Å²) in [6.45, 7) is 8.18. The summed E-state index contributed by atoms with van der Waals surface area (Å²) in [6.07, 6.45) is 5.65. The molecule has 0 aromatic carbocycles. The van der Waals surface area contributed by atoms with Crippen LogP contribution in [-0.4, -0.2) is 45.3 Å². The molecule has 24 heavy (non-hydrogen) atoms. The van der Waals surface area contributed by atoms with Gasteiger partial charge in [-0.1, -0.05) is 0 Å². The minimum absolute atomic E-state index is 0.0425. The molecule has 1 aliphatic heterocycles. The van der Waals surface area contributed by atoms with Gasteiger partial charge < -0.3 is 10.2 Å². The van der Waals surface area contributed by atoms with Crippen LogP contribution in [0.4, 0.5) is 5.82 Å². The Bertz CT molecular complexity index is 718. The molecule has 0 atom stereocenters. The van der Waals surface area contributed by atoms with Gasteiger partial charge in [0, 0.05) is 32.3 Å². The molecule has 0 spiro atoms. The van der Waals surface area contributed by atoms with Crippen molar-refractivity contribution in [2.75, 3.05) is 24.5 Å². The van der Waals surface area contributed by atoms with E-state index >= 15 is 0 Å². The summed E-state index contributed by atoms with van der Waals surface area (Å²) in [5.74, 6) is 2.22. The molecule has 0 bridgehead atoms. The summed E-state index contributed by atoms with van der Waals surface area (Å²) in [5.41, 5.74) is 2.02. The Hall–Kier alpha value is -2.44. The van der Waals surface area contributed by atoms with Gasteiger partial charge in [0.25, 0.3) is 0 Å². The van der Waals surface area contributed by atoms with Crippen LogP contribution >= 0.6 is 0 Å². The van der Waals surface area contributed by atoms with Crippen LogP contribution in [0.1, 0.15) is 31.2 Å². The number of anilines is 1. The smallest absolute Gasteiger partial charge is 0.216 e. The predicted octanol–water partition coefficient (Wildman–Crippen LogP) is 1.63. The molecule has 2 aromatic rings. The van der Waals surface area contributed by atoms with Gasteiger partial charge in [-0.25, -0.2) is 9.67 Å². The van der Waals surface area contributed by atoms with Crippen molar-refractivity contribution in [1.29, 1.82) is 0 Å². The van der Waals surface area contributed by atoms with Gasteiger partial charge in [-0.2, -0.15) is 5.10 Å².